The fourth-order valence-corrected chi connectivity index (χ4v) is 2.65. The standard InChI is InChI=1S/C20H28N4O/c1-5-6-7-11-21-20(25)17-12-23-18(13-22-17)24-19-15(4)9-8-10-16(19)14(2)3/h8-10,12-14H,5-7,11H2,1-4H3,(H,21,25)(H,23,24). The second-order valence-electron chi connectivity index (χ2n) is 6.57. The minimum Gasteiger partial charge on any atom is -0.351 e. The van der Waals surface area contributed by atoms with Crippen molar-refractivity contribution in [1.29, 1.82) is 0 Å². The zero-order valence-electron chi connectivity index (χ0n) is 15.6. The summed E-state index contributed by atoms with van der Waals surface area (Å²) in [5.74, 6) is 0.871. The Balaban J connectivity index is 2.05. The van der Waals surface area contributed by atoms with Crippen LogP contribution in [0.3, 0.4) is 0 Å². The van der Waals surface area contributed by atoms with Gasteiger partial charge < -0.3 is 10.6 Å². The fourth-order valence-electron chi connectivity index (χ4n) is 2.65. The lowest BCUT2D eigenvalue weighted by molar-refractivity contribution is 0.0947. The Kier molecular flexibility index (Phi) is 6.92. The minimum atomic E-state index is -0.172. The molecule has 1 aromatic carbocycles. The molecule has 1 amide bonds. The Hall–Kier alpha value is -2.43. The number of carbonyl (C=O) groups excluding carboxylic acids is 1. The lowest BCUT2D eigenvalue weighted by atomic mass is 9.98. The van der Waals surface area contributed by atoms with Gasteiger partial charge in [0.1, 0.15) is 11.5 Å². The van der Waals surface area contributed by atoms with Crippen molar-refractivity contribution in [3.63, 3.8) is 0 Å². The van der Waals surface area contributed by atoms with Crippen molar-refractivity contribution in [3.8, 4) is 0 Å². The zero-order valence-corrected chi connectivity index (χ0v) is 15.6. The maximum Gasteiger partial charge on any atom is 0.271 e. The lowest BCUT2D eigenvalue weighted by Gasteiger charge is -2.16. The molecule has 0 radical (unpaired) electrons. The summed E-state index contributed by atoms with van der Waals surface area (Å²) in [6.07, 6.45) is 6.36. The summed E-state index contributed by atoms with van der Waals surface area (Å²) in [5.41, 5.74) is 3.80. The quantitative estimate of drug-likeness (QED) is 0.691. The Bertz CT molecular complexity index is 695. The predicted molar refractivity (Wildman–Crippen MR) is 102 cm³/mol. The number of amides is 1. The highest BCUT2D eigenvalue weighted by atomic mass is 16.1. The Morgan fingerprint density at radius 3 is 2.60 bits per heavy atom. The van der Waals surface area contributed by atoms with E-state index in [0.717, 1.165) is 30.5 Å². The number of nitrogens with one attached hydrogen (secondary N) is 2. The molecule has 0 unspecified atom stereocenters. The van der Waals surface area contributed by atoms with Gasteiger partial charge in [-0.15, -0.1) is 0 Å². The highest BCUT2D eigenvalue weighted by Crippen LogP contribution is 2.29. The van der Waals surface area contributed by atoms with E-state index in [1.165, 1.54) is 11.8 Å². The third-order valence-electron chi connectivity index (χ3n) is 4.13. The van der Waals surface area contributed by atoms with E-state index in [9.17, 15) is 4.79 Å². The first-order valence-corrected chi connectivity index (χ1v) is 8.99. The first-order valence-electron chi connectivity index (χ1n) is 8.99. The largest absolute Gasteiger partial charge is 0.351 e. The average molecular weight is 340 g/mol. The van der Waals surface area contributed by atoms with E-state index in [4.69, 9.17) is 0 Å². The van der Waals surface area contributed by atoms with Crippen LogP contribution >= 0.6 is 0 Å². The van der Waals surface area contributed by atoms with Crippen LogP contribution in [0.25, 0.3) is 0 Å². The number of hydrogen-bond acceptors (Lipinski definition) is 4. The third kappa shape index (κ3) is 5.28. The molecule has 5 nitrogen and oxygen atoms in total. The third-order valence-corrected chi connectivity index (χ3v) is 4.13. The smallest absolute Gasteiger partial charge is 0.271 e. The lowest BCUT2D eigenvalue weighted by Crippen LogP contribution is -2.25. The molecule has 2 N–H and O–H groups in total. The highest BCUT2D eigenvalue weighted by Gasteiger charge is 2.11. The van der Waals surface area contributed by atoms with E-state index in [1.54, 1.807) is 6.20 Å². The van der Waals surface area contributed by atoms with Crippen LogP contribution in [0.5, 0.6) is 0 Å². The summed E-state index contributed by atoms with van der Waals surface area (Å²) in [7, 11) is 0. The van der Waals surface area contributed by atoms with Crippen LogP contribution in [-0.2, 0) is 0 Å². The van der Waals surface area contributed by atoms with Gasteiger partial charge >= 0.3 is 0 Å². The molecule has 2 aromatic rings. The van der Waals surface area contributed by atoms with Gasteiger partial charge in [0.25, 0.3) is 5.91 Å². The minimum absolute atomic E-state index is 0.172. The van der Waals surface area contributed by atoms with Gasteiger partial charge in [-0.2, -0.15) is 0 Å². The van der Waals surface area contributed by atoms with Crippen LogP contribution in [-0.4, -0.2) is 22.4 Å². The number of carbonyl (C=O) groups is 1. The molecule has 134 valence electrons. The number of aryl methyl sites for hydroxylation is 1. The van der Waals surface area contributed by atoms with Crippen LogP contribution in [0.4, 0.5) is 11.5 Å². The van der Waals surface area contributed by atoms with Gasteiger partial charge in [-0.25, -0.2) is 9.97 Å². The monoisotopic (exact) mass is 340 g/mol. The second kappa shape index (κ2) is 9.16. The van der Waals surface area contributed by atoms with Gasteiger partial charge in [0.2, 0.25) is 0 Å². The number of benzene rings is 1. The maximum absolute atomic E-state index is 12.0. The molecule has 0 fully saturated rings. The van der Waals surface area contributed by atoms with Crippen LogP contribution in [0, 0.1) is 6.92 Å². The Morgan fingerprint density at radius 1 is 1.16 bits per heavy atom. The molecule has 2 rings (SSSR count). The number of nitrogens with zero attached hydrogens (tertiary/aromatic N) is 2. The van der Waals surface area contributed by atoms with Crippen LogP contribution < -0.4 is 10.6 Å². The molecule has 5 heteroatoms. The van der Waals surface area contributed by atoms with Crippen molar-refractivity contribution < 1.29 is 4.79 Å². The van der Waals surface area contributed by atoms with E-state index in [1.807, 2.05) is 0 Å². The summed E-state index contributed by atoms with van der Waals surface area (Å²) >= 11 is 0. The van der Waals surface area contributed by atoms with Crippen molar-refractivity contribution in [3.05, 3.63) is 47.4 Å². The van der Waals surface area contributed by atoms with E-state index in [-0.39, 0.29) is 5.91 Å². The van der Waals surface area contributed by atoms with Crippen molar-refractivity contribution in [2.75, 3.05) is 11.9 Å². The molecule has 0 aliphatic heterocycles. The molecule has 1 heterocycles. The molecule has 0 aliphatic rings. The van der Waals surface area contributed by atoms with Crippen molar-refractivity contribution >= 4 is 17.4 Å². The summed E-state index contributed by atoms with van der Waals surface area (Å²) in [4.78, 5) is 20.6. The summed E-state index contributed by atoms with van der Waals surface area (Å²) in [6, 6.07) is 6.25. The number of para-hydroxylation sites is 1. The van der Waals surface area contributed by atoms with Gasteiger partial charge in [-0.1, -0.05) is 51.8 Å². The van der Waals surface area contributed by atoms with Gasteiger partial charge in [0.05, 0.1) is 12.4 Å². The number of hydrogen-bond donors (Lipinski definition) is 2. The zero-order chi connectivity index (χ0) is 18.2. The molecule has 0 atom stereocenters. The van der Waals surface area contributed by atoms with E-state index in [2.05, 4.69) is 66.5 Å². The molecule has 0 aliphatic carbocycles. The summed E-state index contributed by atoms with van der Waals surface area (Å²) in [6.45, 7) is 9.21. The fraction of sp³-hybridized carbons (Fsp3) is 0.450. The van der Waals surface area contributed by atoms with Gasteiger partial charge in [-0.3, -0.25) is 4.79 Å². The Labute approximate surface area is 150 Å². The average Bonchev–Trinajstić information content (AvgIpc) is 2.60. The summed E-state index contributed by atoms with van der Waals surface area (Å²) < 4.78 is 0. The van der Waals surface area contributed by atoms with Crippen molar-refractivity contribution in [2.45, 2.75) is 52.9 Å². The van der Waals surface area contributed by atoms with Crippen LogP contribution in [0.1, 0.15) is 67.6 Å². The molecule has 0 saturated heterocycles. The van der Waals surface area contributed by atoms with Crippen LogP contribution in [0.2, 0.25) is 0 Å². The van der Waals surface area contributed by atoms with E-state index >= 15 is 0 Å². The highest BCUT2D eigenvalue weighted by molar-refractivity contribution is 5.92. The van der Waals surface area contributed by atoms with Crippen LogP contribution in [0.15, 0.2) is 30.6 Å². The number of unbranched alkanes of at least 4 members (excludes halogenated alkanes) is 2. The molecule has 1 aromatic heterocycles. The van der Waals surface area contributed by atoms with E-state index in [0.29, 0.717) is 24.0 Å². The Morgan fingerprint density at radius 2 is 1.96 bits per heavy atom. The SMILES string of the molecule is CCCCCNC(=O)c1cnc(Nc2c(C)cccc2C(C)C)cn1. The van der Waals surface area contributed by atoms with Gasteiger partial charge in [0, 0.05) is 12.2 Å². The molecule has 0 spiro atoms. The van der Waals surface area contributed by atoms with Gasteiger partial charge in [0.15, 0.2) is 0 Å². The predicted octanol–water partition coefficient (Wildman–Crippen LogP) is 4.57. The number of rotatable bonds is 8. The van der Waals surface area contributed by atoms with Crippen molar-refractivity contribution in [1.82, 2.24) is 15.3 Å². The molecule has 25 heavy (non-hydrogen) atoms. The molecule has 0 saturated carbocycles. The van der Waals surface area contributed by atoms with Gasteiger partial charge in [-0.05, 0) is 30.4 Å². The number of aromatic nitrogens is 2. The maximum atomic E-state index is 12.0. The van der Waals surface area contributed by atoms with Crippen molar-refractivity contribution in [2.24, 2.45) is 0 Å². The molecule has 0 bridgehead atoms. The molecular formula is C20H28N4O. The number of anilines is 2. The normalized spacial score (nSPS) is 10.8. The summed E-state index contributed by atoms with van der Waals surface area (Å²) in [5, 5.41) is 6.22. The topological polar surface area (TPSA) is 66.9 Å². The first-order chi connectivity index (χ1) is 12.0. The van der Waals surface area contributed by atoms with E-state index < -0.39 is 0 Å². The molecular weight excluding hydrogens is 312 g/mol. The second-order valence-corrected chi connectivity index (χ2v) is 6.57. The first kappa shape index (κ1) is 18.9.